The van der Waals surface area contributed by atoms with Gasteiger partial charge in [0.05, 0.1) is 23.4 Å². The van der Waals surface area contributed by atoms with Crippen molar-refractivity contribution in [3.63, 3.8) is 0 Å². The van der Waals surface area contributed by atoms with Crippen LogP contribution in [0.3, 0.4) is 0 Å². The Hall–Kier alpha value is -3.91. The van der Waals surface area contributed by atoms with Crippen molar-refractivity contribution in [2.45, 2.75) is 0 Å². The van der Waals surface area contributed by atoms with Gasteiger partial charge in [-0.05, 0) is 60.1 Å². The van der Waals surface area contributed by atoms with Crippen LogP contribution in [0.5, 0.6) is 5.75 Å². The van der Waals surface area contributed by atoms with Crippen LogP contribution in [0.2, 0.25) is 0 Å². The Balaban J connectivity index is 1.92. The molecular formula is C22H18N4O3S. The van der Waals surface area contributed by atoms with E-state index >= 15 is 0 Å². The molecule has 0 unspecified atom stereocenters. The second-order valence-electron chi connectivity index (χ2n) is 6.28. The molecule has 7 nitrogen and oxygen atoms in total. The number of aromatic nitrogens is 1. The summed E-state index contributed by atoms with van der Waals surface area (Å²) in [7, 11) is 1.58. The van der Waals surface area contributed by atoms with Gasteiger partial charge in [-0.1, -0.05) is 36.4 Å². The molecule has 0 aliphatic carbocycles. The maximum absolute atomic E-state index is 12.0. The first-order valence-electron chi connectivity index (χ1n) is 9.12. The third kappa shape index (κ3) is 4.08. The van der Waals surface area contributed by atoms with Gasteiger partial charge in [-0.15, -0.1) is 0 Å². The molecule has 30 heavy (non-hydrogen) atoms. The van der Waals surface area contributed by atoms with E-state index in [1.807, 2.05) is 60.7 Å². The van der Waals surface area contributed by atoms with Gasteiger partial charge in [0.25, 0.3) is 0 Å². The molecule has 4 aromatic rings. The van der Waals surface area contributed by atoms with Crippen molar-refractivity contribution in [3.8, 4) is 11.4 Å². The zero-order valence-electron chi connectivity index (χ0n) is 16.1. The summed E-state index contributed by atoms with van der Waals surface area (Å²) in [4.78, 5) is 16.2. The lowest BCUT2D eigenvalue weighted by atomic mass is 10.3. The highest BCUT2D eigenvalue weighted by Gasteiger charge is 2.25. The largest absolute Gasteiger partial charge is 0.497 e. The van der Waals surface area contributed by atoms with Crippen molar-refractivity contribution in [1.82, 2.24) is 3.96 Å². The Kier molecular flexibility index (Phi) is 5.58. The van der Waals surface area contributed by atoms with Gasteiger partial charge in [0.2, 0.25) is 10.5 Å². The van der Waals surface area contributed by atoms with Crippen LogP contribution in [-0.2, 0) is 0 Å². The number of ether oxygens (including phenoxy) is 1. The molecule has 0 fully saturated rings. The number of anilines is 2. The summed E-state index contributed by atoms with van der Waals surface area (Å²) in [5.74, 6) is 1.05. The summed E-state index contributed by atoms with van der Waals surface area (Å²) < 4.78 is 7.25. The van der Waals surface area contributed by atoms with E-state index in [-0.39, 0.29) is 5.69 Å². The monoisotopic (exact) mass is 418 g/mol. The molecule has 3 aromatic carbocycles. The number of para-hydroxylation sites is 2. The second-order valence-corrected chi connectivity index (χ2v) is 7.22. The molecule has 0 amide bonds. The summed E-state index contributed by atoms with van der Waals surface area (Å²) in [5, 5.41) is 15.2. The van der Waals surface area contributed by atoms with Crippen LogP contribution in [0, 0.1) is 10.1 Å². The molecule has 0 aliphatic rings. The van der Waals surface area contributed by atoms with Crippen molar-refractivity contribution in [3.05, 3.63) is 99.7 Å². The van der Waals surface area contributed by atoms with Crippen LogP contribution in [0.25, 0.3) is 5.69 Å². The standard InChI is InChI=1S/C22H18N4O3S/c1-29-19-14-12-17(13-15-19)24-22-20(26(27)28)21(23-16-8-4-2-5-9-16)25(30-22)18-10-6-3-7-11-18/h2-15,23H,1H3. The maximum Gasteiger partial charge on any atom is 0.348 e. The van der Waals surface area contributed by atoms with Crippen LogP contribution in [0.1, 0.15) is 0 Å². The lowest BCUT2D eigenvalue weighted by Crippen LogP contribution is -2.05. The van der Waals surface area contributed by atoms with Crippen molar-refractivity contribution >= 4 is 34.4 Å². The highest BCUT2D eigenvalue weighted by Crippen LogP contribution is 2.31. The van der Waals surface area contributed by atoms with Crippen molar-refractivity contribution in [1.29, 1.82) is 0 Å². The summed E-state index contributed by atoms with van der Waals surface area (Å²) in [5.41, 5.74) is 2.08. The lowest BCUT2D eigenvalue weighted by molar-refractivity contribution is -0.384. The first kappa shape index (κ1) is 19.4. The van der Waals surface area contributed by atoms with Gasteiger partial charge < -0.3 is 10.1 Å². The molecule has 0 aliphatic heterocycles. The first-order valence-corrected chi connectivity index (χ1v) is 9.90. The minimum absolute atomic E-state index is 0.0801. The Bertz CT molecular complexity index is 1220. The van der Waals surface area contributed by atoms with Crippen molar-refractivity contribution < 1.29 is 9.66 Å². The highest BCUT2D eigenvalue weighted by atomic mass is 32.1. The minimum atomic E-state index is -0.399. The van der Waals surface area contributed by atoms with Crippen LogP contribution >= 0.6 is 11.5 Å². The summed E-state index contributed by atoms with van der Waals surface area (Å²) in [6, 6.07) is 25.9. The Morgan fingerprint density at radius 1 is 0.967 bits per heavy atom. The predicted molar refractivity (Wildman–Crippen MR) is 118 cm³/mol. The molecule has 1 heterocycles. The number of nitrogens with zero attached hydrogens (tertiary/aromatic N) is 3. The smallest absolute Gasteiger partial charge is 0.348 e. The zero-order chi connectivity index (χ0) is 20.9. The molecule has 1 aromatic heterocycles. The molecule has 0 atom stereocenters. The third-order valence-electron chi connectivity index (χ3n) is 4.32. The Morgan fingerprint density at radius 2 is 1.60 bits per heavy atom. The van der Waals surface area contributed by atoms with Gasteiger partial charge in [-0.25, -0.2) is 8.95 Å². The summed E-state index contributed by atoms with van der Waals surface area (Å²) in [6.45, 7) is 0. The van der Waals surface area contributed by atoms with Crippen LogP contribution in [0.15, 0.2) is 89.9 Å². The predicted octanol–water partition coefficient (Wildman–Crippen LogP) is 5.43. The van der Waals surface area contributed by atoms with E-state index in [0.717, 1.165) is 11.4 Å². The Labute approximate surface area is 176 Å². The normalized spacial score (nSPS) is 11.3. The van der Waals surface area contributed by atoms with E-state index in [0.29, 0.717) is 21.9 Å². The van der Waals surface area contributed by atoms with Gasteiger partial charge in [-0.2, -0.15) is 0 Å². The van der Waals surface area contributed by atoms with Gasteiger partial charge >= 0.3 is 5.69 Å². The second kappa shape index (κ2) is 8.62. The quantitative estimate of drug-likeness (QED) is 0.334. The molecule has 0 spiro atoms. The minimum Gasteiger partial charge on any atom is -0.497 e. The fraction of sp³-hybridized carbons (Fsp3) is 0.0455. The summed E-state index contributed by atoms with van der Waals surface area (Å²) >= 11 is 1.21. The maximum atomic E-state index is 12.0. The number of nitrogens with one attached hydrogen (secondary N) is 1. The average Bonchev–Trinajstić information content (AvgIpc) is 3.13. The molecule has 8 heteroatoms. The van der Waals surface area contributed by atoms with Crippen LogP contribution in [0.4, 0.5) is 22.9 Å². The lowest BCUT2D eigenvalue weighted by Gasteiger charge is -2.09. The van der Waals surface area contributed by atoms with Crippen molar-refractivity contribution in [2.75, 3.05) is 12.4 Å². The Morgan fingerprint density at radius 3 is 2.20 bits per heavy atom. The molecular weight excluding hydrogens is 400 g/mol. The molecule has 150 valence electrons. The molecule has 0 radical (unpaired) electrons. The fourth-order valence-corrected chi connectivity index (χ4v) is 3.93. The van der Waals surface area contributed by atoms with Gasteiger partial charge in [0.1, 0.15) is 5.75 Å². The number of nitro groups is 1. The molecule has 4 rings (SSSR count). The zero-order valence-corrected chi connectivity index (χ0v) is 16.9. The average molecular weight is 418 g/mol. The van der Waals surface area contributed by atoms with Gasteiger partial charge in [-0.3, -0.25) is 10.1 Å². The van der Waals surface area contributed by atoms with E-state index < -0.39 is 4.92 Å². The summed E-state index contributed by atoms with van der Waals surface area (Å²) in [6.07, 6.45) is 0. The van der Waals surface area contributed by atoms with E-state index in [1.165, 1.54) is 11.5 Å². The van der Waals surface area contributed by atoms with Crippen LogP contribution in [-0.4, -0.2) is 16.0 Å². The van der Waals surface area contributed by atoms with E-state index in [2.05, 4.69) is 10.3 Å². The molecule has 0 saturated carbocycles. The van der Waals surface area contributed by atoms with Gasteiger partial charge in [0.15, 0.2) is 0 Å². The topological polar surface area (TPSA) is 81.7 Å². The van der Waals surface area contributed by atoms with E-state index in [9.17, 15) is 10.1 Å². The number of hydrogen-bond donors (Lipinski definition) is 1. The number of benzene rings is 3. The van der Waals surface area contributed by atoms with Crippen LogP contribution < -0.4 is 14.7 Å². The van der Waals surface area contributed by atoms with E-state index in [4.69, 9.17) is 4.74 Å². The van der Waals surface area contributed by atoms with Gasteiger partial charge in [0, 0.05) is 5.69 Å². The molecule has 0 saturated heterocycles. The number of methoxy groups -OCH3 is 1. The molecule has 1 N–H and O–H groups in total. The number of hydrogen-bond acceptors (Lipinski definition) is 6. The van der Waals surface area contributed by atoms with Crippen molar-refractivity contribution in [2.24, 2.45) is 4.99 Å². The number of rotatable bonds is 6. The fourth-order valence-electron chi connectivity index (χ4n) is 2.90. The first-order chi connectivity index (χ1) is 14.7. The SMILES string of the molecule is COc1ccc(N=c2sn(-c3ccccc3)c(Nc3ccccc3)c2[N+](=O)[O-])cc1. The third-order valence-corrected chi connectivity index (χ3v) is 5.35. The highest BCUT2D eigenvalue weighted by molar-refractivity contribution is 7.05. The molecule has 0 bridgehead atoms. The van der Waals surface area contributed by atoms with E-state index in [1.54, 1.807) is 35.3 Å².